The largest absolute Gasteiger partial charge is 0.393 e. The van der Waals surface area contributed by atoms with Crippen molar-refractivity contribution in [3.63, 3.8) is 0 Å². The average Bonchev–Trinajstić information content (AvgIpc) is 2.35. The molecule has 1 aliphatic carbocycles. The number of aliphatic hydroxyl groups is 1. The SMILES string of the molecule is CN(Cc1cccc(C#CCN)c1)CC1CC(O)C1. The fraction of sp³-hybridized carbons (Fsp3) is 0.500. The van der Waals surface area contributed by atoms with Gasteiger partial charge in [-0.05, 0) is 43.5 Å². The molecule has 0 atom stereocenters. The van der Waals surface area contributed by atoms with Crippen molar-refractivity contribution >= 4 is 0 Å². The van der Waals surface area contributed by atoms with E-state index >= 15 is 0 Å². The smallest absolute Gasteiger partial charge is 0.0555 e. The lowest BCUT2D eigenvalue weighted by Gasteiger charge is -2.34. The predicted molar refractivity (Wildman–Crippen MR) is 77.4 cm³/mol. The lowest BCUT2D eigenvalue weighted by molar-refractivity contribution is 0.0274. The first-order chi connectivity index (χ1) is 9.17. The van der Waals surface area contributed by atoms with Crippen molar-refractivity contribution in [3.8, 4) is 11.8 Å². The summed E-state index contributed by atoms with van der Waals surface area (Å²) in [5.74, 6) is 6.59. The van der Waals surface area contributed by atoms with Crippen molar-refractivity contribution < 1.29 is 5.11 Å². The summed E-state index contributed by atoms with van der Waals surface area (Å²) in [6.07, 6.45) is 1.84. The Hall–Kier alpha value is -1.34. The van der Waals surface area contributed by atoms with E-state index in [1.807, 2.05) is 12.1 Å². The fourth-order valence-corrected chi connectivity index (χ4v) is 2.57. The molecule has 0 heterocycles. The molecule has 102 valence electrons. The zero-order valence-electron chi connectivity index (χ0n) is 11.5. The summed E-state index contributed by atoms with van der Waals surface area (Å²) < 4.78 is 0. The molecular formula is C16H22N2O. The van der Waals surface area contributed by atoms with Gasteiger partial charge in [-0.15, -0.1) is 0 Å². The molecule has 0 bridgehead atoms. The molecule has 1 aromatic carbocycles. The zero-order chi connectivity index (χ0) is 13.7. The van der Waals surface area contributed by atoms with Gasteiger partial charge in [-0.3, -0.25) is 0 Å². The summed E-state index contributed by atoms with van der Waals surface area (Å²) in [7, 11) is 2.13. The summed E-state index contributed by atoms with van der Waals surface area (Å²) in [6.45, 7) is 2.37. The number of hydrogen-bond donors (Lipinski definition) is 2. The summed E-state index contributed by atoms with van der Waals surface area (Å²) >= 11 is 0. The molecule has 19 heavy (non-hydrogen) atoms. The van der Waals surface area contributed by atoms with Crippen molar-refractivity contribution in [3.05, 3.63) is 35.4 Å². The quantitative estimate of drug-likeness (QED) is 0.798. The number of rotatable bonds is 4. The monoisotopic (exact) mass is 258 g/mol. The minimum atomic E-state index is -0.0618. The van der Waals surface area contributed by atoms with Crippen molar-refractivity contribution in [2.75, 3.05) is 20.1 Å². The van der Waals surface area contributed by atoms with Crippen molar-refractivity contribution in [2.24, 2.45) is 11.7 Å². The first kappa shape index (κ1) is 14.1. The summed E-state index contributed by atoms with van der Waals surface area (Å²) in [5.41, 5.74) is 7.67. The van der Waals surface area contributed by atoms with Gasteiger partial charge in [-0.2, -0.15) is 0 Å². The zero-order valence-corrected chi connectivity index (χ0v) is 11.5. The van der Waals surface area contributed by atoms with E-state index in [9.17, 15) is 5.11 Å². The molecule has 1 aliphatic rings. The molecular weight excluding hydrogens is 236 g/mol. The molecule has 3 heteroatoms. The van der Waals surface area contributed by atoms with Gasteiger partial charge in [0.1, 0.15) is 0 Å². The van der Waals surface area contributed by atoms with Crippen LogP contribution < -0.4 is 5.73 Å². The third kappa shape index (κ3) is 4.36. The second kappa shape index (κ2) is 6.72. The first-order valence-electron chi connectivity index (χ1n) is 6.82. The Balaban J connectivity index is 1.87. The fourth-order valence-electron chi connectivity index (χ4n) is 2.57. The third-order valence-corrected chi connectivity index (χ3v) is 3.49. The van der Waals surface area contributed by atoms with E-state index in [1.54, 1.807) is 0 Å². The number of aliphatic hydroxyl groups excluding tert-OH is 1. The van der Waals surface area contributed by atoms with Crippen LogP contribution in [0.3, 0.4) is 0 Å². The van der Waals surface area contributed by atoms with Crippen LogP contribution >= 0.6 is 0 Å². The molecule has 0 aliphatic heterocycles. The Kier molecular flexibility index (Phi) is 4.98. The highest BCUT2D eigenvalue weighted by Gasteiger charge is 2.27. The highest BCUT2D eigenvalue weighted by molar-refractivity contribution is 5.37. The van der Waals surface area contributed by atoms with E-state index < -0.39 is 0 Å². The van der Waals surface area contributed by atoms with E-state index in [4.69, 9.17) is 5.73 Å². The number of nitrogens with two attached hydrogens (primary N) is 1. The van der Waals surface area contributed by atoms with Crippen LogP contribution in [-0.2, 0) is 6.54 Å². The Bertz CT molecular complexity index is 469. The van der Waals surface area contributed by atoms with Gasteiger partial charge in [0.2, 0.25) is 0 Å². The summed E-state index contributed by atoms with van der Waals surface area (Å²) in [6, 6.07) is 8.29. The Morgan fingerprint density at radius 1 is 1.42 bits per heavy atom. The van der Waals surface area contributed by atoms with Crippen LogP contribution in [0.4, 0.5) is 0 Å². The first-order valence-corrected chi connectivity index (χ1v) is 6.82. The van der Waals surface area contributed by atoms with Crippen molar-refractivity contribution in [1.82, 2.24) is 4.90 Å². The maximum atomic E-state index is 9.30. The molecule has 0 radical (unpaired) electrons. The maximum Gasteiger partial charge on any atom is 0.0555 e. The minimum absolute atomic E-state index is 0.0618. The molecule has 0 aromatic heterocycles. The van der Waals surface area contributed by atoms with Crippen LogP contribution in [0.15, 0.2) is 24.3 Å². The van der Waals surface area contributed by atoms with Gasteiger partial charge in [0, 0.05) is 18.7 Å². The van der Waals surface area contributed by atoms with Crippen LogP contribution in [0.2, 0.25) is 0 Å². The van der Waals surface area contributed by atoms with Crippen LogP contribution in [0, 0.1) is 17.8 Å². The average molecular weight is 258 g/mol. The Labute approximate surface area is 115 Å². The number of nitrogens with zero attached hydrogens (tertiary/aromatic N) is 1. The molecule has 3 nitrogen and oxygen atoms in total. The maximum absolute atomic E-state index is 9.30. The second-order valence-corrected chi connectivity index (χ2v) is 5.39. The standard InChI is InChI=1S/C16H22N2O/c1-18(12-15-9-16(19)10-15)11-14-5-2-4-13(8-14)6-3-7-17/h2,4-5,8,15-16,19H,7,9-12,17H2,1H3. The van der Waals surface area contributed by atoms with Crippen LogP contribution in [0.25, 0.3) is 0 Å². The molecule has 2 rings (SSSR count). The molecule has 0 unspecified atom stereocenters. The minimum Gasteiger partial charge on any atom is -0.393 e. The van der Waals surface area contributed by atoms with E-state index in [-0.39, 0.29) is 6.10 Å². The molecule has 3 N–H and O–H groups in total. The Morgan fingerprint density at radius 2 is 2.21 bits per heavy atom. The summed E-state index contributed by atoms with van der Waals surface area (Å²) in [5, 5.41) is 9.30. The van der Waals surface area contributed by atoms with Crippen molar-refractivity contribution in [2.45, 2.75) is 25.5 Å². The van der Waals surface area contributed by atoms with E-state index in [2.05, 4.69) is 35.9 Å². The van der Waals surface area contributed by atoms with E-state index in [0.29, 0.717) is 12.5 Å². The molecule has 1 saturated carbocycles. The van der Waals surface area contributed by atoms with E-state index in [0.717, 1.165) is 31.5 Å². The third-order valence-electron chi connectivity index (χ3n) is 3.49. The van der Waals surface area contributed by atoms with Gasteiger partial charge in [-0.1, -0.05) is 24.0 Å². The van der Waals surface area contributed by atoms with Gasteiger partial charge in [0.05, 0.1) is 12.6 Å². The summed E-state index contributed by atoms with van der Waals surface area (Å²) in [4.78, 5) is 2.31. The molecule has 0 saturated heterocycles. The van der Waals surface area contributed by atoms with Crippen LogP contribution in [0.5, 0.6) is 0 Å². The van der Waals surface area contributed by atoms with Gasteiger partial charge in [-0.25, -0.2) is 0 Å². The topological polar surface area (TPSA) is 49.5 Å². The van der Waals surface area contributed by atoms with Gasteiger partial charge < -0.3 is 15.7 Å². The molecule has 1 fully saturated rings. The molecule has 0 amide bonds. The van der Waals surface area contributed by atoms with Gasteiger partial charge in [0.25, 0.3) is 0 Å². The van der Waals surface area contributed by atoms with Crippen LogP contribution in [0.1, 0.15) is 24.0 Å². The highest BCUT2D eigenvalue weighted by Crippen LogP contribution is 2.27. The van der Waals surface area contributed by atoms with Gasteiger partial charge in [0.15, 0.2) is 0 Å². The number of hydrogen-bond acceptors (Lipinski definition) is 3. The predicted octanol–water partition coefficient (Wildman–Crippen LogP) is 1.20. The van der Waals surface area contributed by atoms with Gasteiger partial charge >= 0.3 is 0 Å². The van der Waals surface area contributed by atoms with Crippen LogP contribution in [-0.4, -0.2) is 36.2 Å². The second-order valence-electron chi connectivity index (χ2n) is 5.39. The number of benzene rings is 1. The molecule has 1 aromatic rings. The normalized spacial score (nSPS) is 21.7. The molecule has 0 spiro atoms. The lowest BCUT2D eigenvalue weighted by Crippen LogP contribution is -2.36. The highest BCUT2D eigenvalue weighted by atomic mass is 16.3. The lowest BCUT2D eigenvalue weighted by atomic mass is 9.82. The van der Waals surface area contributed by atoms with E-state index in [1.165, 1.54) is 5.56 Å². The Morgan fingerprint density at radius 3 is 2.89 bits per heavy atom. The van der Waals surface area contributed by atoms with Crippen molar-refractivity contribution in [1.29, 1.82) is 0 Å².